The molecular weight excluding hydrogens is 356 g/mol. The van der Waals surface area contributed by atoms with E-state index in [1.165, 1.54) is 18.2 Å². The molecule has 3 aromatic rings. The second-order valence-electron chi connectivity index (χ2n) is 6.29. The minimum absolute atomic E-state index is 0.131. The molecule has 2 aromatic carbocycles. The highest BCUT2D eigenvalue weighted by Gasteiger charge is 2.12. The van der Waals surface area contributed by atoms with Gasteiger partial charge >= 0.3 is 12.2 Å². The van der Waals surface area contributed by atoms with Crippen molar-refractivity contribution < 1.29 is 27.6 Å². The predicted molar refractivity (Wildman–Crippen MR) is 96.4 cm³/mol. The summed E-state index contributed by atoms with van der Waals surface area (Å²) in [5.74, 6) is 0.751. The van der Waals surface area contributed by atoms with E-state index in [0.717, 1.165) is 21.4 Å². The molecule has 0 aliphatic heterocycles. The van der Waals surface area contributed by atoms with Gasteiger partial charge in [0.2, 0.25) is 0 Å². The minimum Gasteiger partial charge on any atom is -0.497 e. The number of fused-ring (bicyclic) bond motifs is 1. The van der Waals surface area contributed by atoms with Crippen molar-refractivity contribution in [2.75, 3.05) is 14.2 Å². The van der Waals surface area contributed by atoms with Crippen LogP contribution in [0.2, 0.25) is 0 Å². The molecule has 0 aliphatic rings. The smallest absolute Gasteiger partial charge is 0.387 e. The van der Waals surface area contributed by atoms with Gasteiger partial charge in [0.05, 0.1) is 14.2 Å². The van der Waals surface area contributed by atoms with Gasteiger partial charge in [-0.05, 0) is 36.4 Å². The van der Waals surface area contributed by atoms with Crippen LogP contribution >= 0.6 is 0 Å². The molecular formula is C20H20F2NO4+. The Bertz CT molecular complexity index is 970. The lowest BCUT2D eigenvalue weighted by Crippen LogP contribution is -3.06. The van der Waals surface area contributed by atoms with Gasteiger partial charge in [-0.15, -0.1) is 0 Å². The zero-order valence-electron chi connectivity index (χ0n) is 15.0. The van der Waals surface area contributed by atoms with Gasteiger partial charge in [-0.2, -0.15) is 8.78 Å². The molecule has 27 heavy (non-hydrogen) atoms. The second-order valence-corrected chi connectivity index (χ2v) is 6.29. The lowest BCUT2D eigenvalue weighted by Gasteiger charge is -2.15. The number of methoxy groups -OCH3 is 1. The van der Waals surface area contributed by atoms with E-state index in [4.69, 9.17) is 9.15 Å². The average molecular weight is 376 g/mol. The molecule has 3 rings (SSSR count). The summed E-state index contributed by atoms with van der Waals surface area (Å²) in [6.45, 7) is -1.57. The number of benzene rings is 2. The van der Waals surface area contributed by atoms with Crippen LogP contribution < -0.4 is 20.0 Å². The lowest BCUT2D eigenvalue weighted by molar-refractivity contribution is -0.907. The van der Waals surface area contributed by atoms with Crippen LogP contribution in [0.5, 0.6) is 11.5 Å². The summed E-state index contributed by atoms with van der Waals surface area (Å²) in [6, 6.07) is 13.4. The molecule has 1 unspecified atom stereocenters. The standard InChI is InChI=1S/C20H19F2NO4/c1-23(11-13-3-5-15(6-4-13)26-20(21)22)12-14-9-19(24)27-18-10-16(25-2)7-8-17(14)18/h3-10,20H,11-12H2,1-2H3/p+1. The van der Waals surface area contributed by atoms with Crippen molar-refractivity contribution in [1.82, 2.24) is 0 Å². The van der Waals surface area contributed by atoms with Crippen LogP contribution in [0.4, 0.5) is 8.78 Å². The Hall–Kier alpha value is -2.93. The van der Waals surface area contributed by atoms with Crippen LogP contribution in [0, 0.1) is 0 Å². The van der Waals surface area contributed by atoms with Gasteiger partial charge < -0.3 is 18.8 Å². The van der Waals surface area contributed by atoms with Crippen molar-refractivity contribution in [2.45, 2.75) is 19.7 Å². The Kier molecular flexibility index (Phi) is 5.71. The maximum absolute atomic E-state index is 12.2. The zero-order valence-corrected chi connectivity index (χ0v) is 15.0. The molecule has 1 heterocycles. The van der Waals surface area contributed by atoms with Crippen LogP contribution in [0.15, 0.2) is 57.7 Å². The van der Waals surface area contributed by atoms with Crippen LogP contribution in [0.1, 0.15) is 11.1 Å². The van der Waals surface area contributed by atoms with Gasteiger partial charge in [0, 0.05) is 28.6 Å². The fourth-order valence-corrected chi connectivity index (χ4v) is 3.01. The number of quaternary nitrogens is 1. The topological polar surface area (TPSA) is 53.1 Å². The first-order valence-corrected chi connectivity index (χ1v) is 8.40. The quantitative estimate of drug-likeness (QED) is 0.644. The maximum Gasteiger partial charge on any atom is 0.387 e. The Balaban J connectivity index is 1.75. The summed E-state index contributed by atoms with van der Waals surface area (Å²) in [7, 11) is 3.55. The van der Waals surface area contributed by atoms with E-state index < -0.39 is 12.2 Å². The van der Waals surface area contributed by atoms with Crippen LogP contribution in [0.25, 0.3) is 11.0 Å². The van der Waals surface area contributed by atoms with Crippen LogP contribution in [0.3, 0.4) is 0 Å². The summed E-state index contributed by atoms with van der Waals surface area (Å²) >= 11 is 0. The molecule has 1 N–H and O–H groups in total. The molecule has 0 fully saturated rings. The second kappa shape index (κ2) is 8.18. The molecule has 1 aromatic heterocycles. The van der Waals surface area contributed by atoms with Gasteiger partial charge in [-0.25, -0.2) is 4.79 Å². The molecule has 0 saturated carbocycles. The van der Waals surface area contributed by atoms with Crippen molar-refractivity contribution in [3.8, 4) is 11.5 Å². The molecule has 0 aliphatic carbocycles. The van der Waals surface area contributed by atoms with Crippen molar-refractivity contribution in [3.05, 3.63) is 70.1 Å². The number of ether oxygens (including phenoxy) is 2. The molecule has 0 radical (unpaired) electrons. The van der Waals surface area contributed by atoms with E-state index in [1.54, 1.807) is 25.3 Å². The number of alkyl halides is 2. The first kappa shape index (κ1) is 18.8. The predicted octanol–water partition coefficient (Wildman–Crippen LogP) is 2.62. The first-order chi connectivity index (χ1) is 12.9. The van der Waals surface area contributed by atoms with Crippen LogP contribution in [-0.2, 0) is 13.1 Å². The lowest BCUT2D eigenvalue weighted by atomic mass is 10.1. The summed E-state index contributed by atoms with van der Waals surface area (Å²) in [6.07, 6.45) is 0. The highest BCUT2D eigenvalue weighted by molar-refractivity contribution is 5.81. The van der Waals surface area contributed by atoms with Gasteiger partial charge in [-0.3, -0.25) is 0 Å². The number of hydrogen-bond acceptors (Lipinski definition) is 4. The Morgan fingerprint density at radius 2 is 1.74 bits per heavy atom. The number of halogens is 2. The van der Waals surface area contributed by atoms with E-state index in [2.05, 4.69) is 4.74 Å². The molecule has 7 heteroatoms. The van der Waals surface area contributed by atoms with E-state index >= 15 is 0 Å². The zero-order chi connectivity index (χ0) is 19.4. The SMILES string of the molecule is COc1ccc2c(C[NH+](C)Cc3ccc(OC(F)F)cc3)cc(=O)oc2c1. The van der Waals surface area contributed by atoms with E-state index in [9.17, 15) is 13.6 Å². The highest BCUT2D eigenvalue weighted by Crippen LogP contribution is 2.22. The molecule has 5 nitrogen and oxygen atoms in total. The third-order valence-corrected chi connectivity index (χ3v) is 4.18. The van der Waals surface area contributed by atoms with Crippen molar-refractivity contribution >= 4 is 11.0 Å². The molecule has 1 atom stereocenters. The fraction of sp³-hybridized carbons (Fsp3) is 0.250. The van der Waals surface area contributed by atoms with Gasteiger partial charge in [0.1, 0.15) is 30.2 Å². The van der Waals surface area contributed by atoms with Gasteiger partial charge in [-0.1, -0.05) is 0 Å². The molecule has 0 spiro atoms. The largest absolute Gasteiger partial charge is 0.497 e. The van der Waals surface area contributed by atoms with Gasteiger partial charge in [0.15, 0.2) is 0 Å². The van der Waals surface area contributed by atoms with Crippen molar-refractivity contribution in [2.24, 2.45) is 0 Å². The maximum atomic E-state index is 12.2. The summed E-state index contributed by atoms with van der Waals surface area (Å²) in [5.41, 5.74) is 1.92. The Morgan fingerprint density at radius 3 is 2.41 bits per heavy atom. The molecule has 0 saturated heterocycles. The number of nitrogens with one attached hydrogen (secondary N) is 1. The van der Waals surface area contributed by atoms with Crippen molar-refractivity contribution in [1.29, 1.82) is 0 Å². The summed E-state index contributed by atoms with van der Waals surface area (Å²) < 4.78 is 39.2. The first-order valence-electron chi connectivity index (χ1n) is 8.40. The average Bonchev–Trinajstić information content (AvgIpc) is 2.62. The van der Waals surface area contributed by atoms with Crippen molar-refractivity contribution in [3.63, 3.8) is 0 Å². The third-order valence-electron chi connectivity index (χ3n) is 4.18. The summed E-state index contributed by atoms with van der Waals surface area (Å²) in [4.78, 5) is 13.0. The minimum atomic E-state index is -2.83. The van der Waals surface area contributed by atoms with Gasteiger partial charge in [0.25, 0.3) is 0 Å². The van der Waals surface area contributed by atoms with E-state index in [0.29, 0.717) is 24.4 Å². The normalized spacial score (nSPS) is 12.3. The van der Waals surface area contributed by atoms with Crippen LogP contribution in [-0.4, -0.2) is 20.8 Å². The highest BCUT2D eigenvalue weighted by atomic mass is 19.3. The Labute approximate surface area is 154 Å². The number of rotatable bonds is 7. The van der Waals surface area contributed by atoms with E-state index in [-0.39, 0.29) is 5.75 Å². The summed E-state index contributed by atoms with van der Waals surface area (Å²) in [5, 5.41) is 0.857. The molecule has 142 valence electrons. The number of hydrogen-bond donors (Lipinski definition) is 1. The third kappa shape index (κ3) is 4.83. The Morgan fingerprint density at radius 1 is 1.04 bits per heavy atom. The van der Waals surface area contributed by atoms with E-state index in [1.807, 2.05) is 19.2 Å². The fourth-order valence-electron chi connectivity index (χ4n) is 3.01. The molecule has 0 amide bonds. The molecule has 0 bridgehead atoms. The monoisotopic (exact) mass is 376 g/mol.